The van der Waals surface area contributed by atoms with Gasteiger partial charge in [0.15, 0.2) is 6.04 Å². The predicted octanol–water partition coefficient (Wildman–Crippen LogP) is -0.107. The second-order valence-corrected chi connectivity index (χ2v) is 8.10. The minimum absolute atomic E-state index is 0.0193. The van der Waals surface area contributed by atoms with Gasteiger partial charge < -0.3 is 10.2 Å². The average Bonchev–Trinajstić information content (AvgIpc) is 2.57. The summed E-state index contributed by atoms with van der Waals surface area (Å²) in [6.45, 7) is 5.94. The summed E-state index contributed by atoms with van der Waals surface area (Å²) in [6.07, 6.45) is 0. The molecule has 0 aromatic heterocycles. The number of halogens is 2. The van der Waals surface area contributed by atoms with Crippen molar-refractivity contribution >= 4 is 27.5 Å². The molecule has 1 fully saturated rings. The van der Waals surface area contributed by atoms with Crippen LogP contribution in [0.5, 0.6) is 0 Å². The van der Waals surface area contributed by atoms with Gasteiger partial charge in [-0.1, -0.05) is 11.6 Å². The Labute approximate surface area is 146 Å². The van der Waals surface area contributed by atoms with Gasteiger partial charge in [0.1, 0.15) is 5.82 Å². The molecule has 1 aliphatic rings. The number of benzene rings is 1. The summed E-state index contributed by atoms with van der Waals surface area (Å²) in [5, 5.41) is 2.56. The monoisotopic (exact) mass is 378 g/mol. The molecule has 2 N–H and O–H groups in total. The Morgan fingerprint density at radius 2 is 2.04 bits per heavy atom. The molecule has 1 amide bonds. The highest BCUT2D eigenvalue weighted by molar-refractivity contribution is 7.89. The molecule has 0 radical (unpaired) electrons. The highest BCUT2D eigenvalue weighted by Gasteiger charge is 2.34. The fourth-order valence-corrected chi connectivity index (χ4v) is 4.46. The first-order valence-corrected chi connectivity index (χ1v) is 9.66. The van der Waals surface area contributed by atoms with E-state index in [1.54, 1.807) is 0 Å². The Morgan fingerprint density at radius 1 is 1.42 bits per heavy atom. The third-order valence-electron chi connectivity index (χ3n) is 4.25. The first-order chi connectivity index (χ1) is 11.3. The SMILES string of the molecule is CCNC(=O)[C@@H](C)[NH+]1CCN(S(=O)(=O)c2ccc(F)c(Cl)c2)CC1. The van der Waals surface area contributed by atoms with Gasteiger partial charge in [-0.2, -0.15) is 4.31 Å². The fraction of sp³-hybridized carbons (Fsp3) is 0.533. The van der Waals surface area contributed by atoms with E-state index < -0.39 is 15.8 Å². The Bertz CT molecular complexity index is 706. The van der Waals surface area contributed by atoms with Crippen LogP contribution in [-0.2, 0) is 14.8 Å². The first-order valence-electron chi connectivity index (χ1n) is 7.85. The van der Waals surface area contributed by atoms with Crippen molar-refractivity contribution in [1.29, 1.82) is 0 Å². The molecule has 1 heterocycles. The minimum Gasteiger partial charge on any atom is -0.351 e. The van der Waals surface area contributed by atoms with Crippen LogP contribution in [0.4, 0.5) is 4.39 Å². The van der Waals surface area contributed by atoms with E-state index >= 15 is 0 Å². The molecule has 0 unspecified atom stereocenters. The molecule has 1 atom stereocenters. The van der Waals surface area contributed by atoms with E-state index in [-0.39, 0.29) is 21.9 Å². The van der Waals surface area contributed by atoms with E-state index in [1.807, 2.05) is 13.8 Å². The molecule has 1 saturated heterocycles. The Kier molecular flexibility index (Phi) is 6.19. The van der Waals surface area contributed by atoms with Gasteiger partial charge in [0.25, 0.3) is 5.91 Å². The number of hydrogen-bond acceptors (Lipinski definition) is 3. The molecule has 134 valence electrons. The van der Waals surface area contributed by atoms with Crippen LogP contribution in [0, 0.1) is 5.82 Å². The summed E-state index contributed by atoms with van der Waals surface area (Å²) < 4.78 is 39.8. The third kappa shape index (κ3) is 4.05. The first kappa shape index (κ1) is 19.1. The number of carbonyl (C=O) groups excluding carboxylic acids is 1. The van der Waals surface area contributed by atoms with Gasteiger partial charge in [0.05, 0.1) is 36.1 Å². The summed E-state index contributed by atoms with van der Waals surface area (Å²) in [5.41, 5.74) is 0. The van der Waals surface area contributed by atoms with Crippen LogP contribution in [0.3, 0.4) is 0 Å². The summed E-state index contributed by atoms with van der Waals surface area (Å²) in [7, 11) is -3.71. The van der Waals surface area contributed by atoms with Gasteiger partial charge in [0.2, 0.25) is 10.0 Å². The largest absolute Gasteiger partial charge is 0.351 e. The molecule has 0 bridgehead atoms. The van der Waals surface area contributed by atoms with Crippen LogP contribution in [-0.4, -0.2) is 57.4 Å². The number of piperazine rings is 1. The number of carbonyl (C=O) groups is 1. The van der Waals surface area contributed by atoms with Gasteiger partial charge >= 0.3 is 0 Å². The highest BCUT2D eigenvalue weighted by atomic mass is 35.5. The number of hydrogen-bond donors (Lipinski definition) is 2. The minimum atomic E-state index is -3.71. The summed E-state index contributed by atoms with van der Waals surface area (Å²) >= 11 is 5.68. The highest BCUT2D eigenvalue weighted by Crippen LogP contribution is 2.22. The lowest BCUT2D eigenvalue weighted by atomic mass is 10.2. The van der Waals surface area contributed by atoms with Gasteiger partial charge in [0, 0.05) is 6.54 Å². The van der Waals surface area contributed by atoms with E-state index in [1.165, 1.54) is 10.4 Å². The van der Waals surface area contributed by atoms with E-state index in [4.69, 9.17) is 11.6 Å². The molecule has 1 aromatic rings. The molecule has 1 aliphatic heterocycles. The standard InChI is InChI=1S/C15H21ClFN3O3S/c1-3-18-15(21)11(2)19-6-8-20(9-7-19)24(22,23)12-4-5-14(17)13(16)10-12/h4-5,10-11H,3,6-9H2,1-2H3,(H,18,21)/p+1/t11-/m1/s1. The predicted molar refractivity (Wildman–Crippen MR) is 89.0 cm³/mol. The van der Waals surface area contributed by atoms with Crippen molar-refractivity contribution in [3.63, 3.8) is 0 Å². The van der Waals surface area contributed by atoms with E-state index in [9.17, 15) is 17.6 Å². The van der Waals surface area contributed by atoms with Crippen molar-refractivity contribution in [3.8, 4) is 0 Å². The molecule has 2 rings (SSSR count). The second-order valence-electron chi connectivity index (χ2n) is 5.75. The zero-order valence-electron chi connectivity index (χ0n) is 13.7. The number of quaternary nitrogens is 1. The third-order valence-corrected chi connectivity index (χ3v) is 6.43. The zero-order chi connectivity index (χ0) is 17.9. The molecule has 1 aromatic carbocycles. The molecular formula is C15H22ClFN3O3S+. The normalized spacial score (nSPS) is 18.3. The maximum atomic E-state index is 13.2. The Balaban J connectivity index is 2.05. The van der Waals surface area contributed by atoms with Gasteiger partial charge in [-0.3, -0.25) is 4.79 Å². The number of likely N-dealkylation sites (N-methyl/N-ethyl adjacent to an activating group) is 1. The van der Waals surface area contributed by atoms with E-state index in [0.29, 0.717) is 32.7 Å². The molecule has 0 aliphatic carbocycles. The van der Waals surface area contributed by atoms with Crippen LogP contribution < -0.4 is 10.2 Å². The van der Waals surface area contributed by atoms with Crippen LogP contribution in [0.1, 0.15) is 13.8 Å². The number of nitrogens with one attached hydrogen (secondary N) is 2. The van der Waals surface area contributed by atoms with Gasteiger partial charge in [-0.25, -0.2) is 12.8 Å². The van der Waals surface area contributed by atoms with Crippen molar-refractivity contribution in [3.05, 3.63) is 29.0 Å². The maximum absolute atomic E-state index is 13.2. The van der Waals surface area contributed by atoms with Crippen LogP contribution in [0.2, 0.25) is 5.02 Å². The van der Waals surface area contributed by atoms with Crippen molar-refractivity contribution < 1.29 is 22.5 Å². The lowest BCUT2D eigenvalue weighted by Gasteiger charge is -2.34. The van der Waals surface area contributed by atoms with Crippen LogP contribution in [0.25, 0.3) is 0 Å². The molecule has 0 spiro atoms. The molecule has 6 nitrogen and oxygen atoms in total. The quantitative estimate of drug-likeness (QED) is 0.751. The van der Waals surface area contributed by atoms with Crippen molar-refractivity contribution in [2.75, 3.05) is 32.7 Å². The number of sulfonamides is 1. The fourth-order valence-electron chi connectivity index (χ4n) is 2.75. The number of nitrogens with zero attached hydrogens (tertiary/aromatic N) is 1. The number of rotatable bonds is 5. The Hall–Kier alpha value is -1.22. The van der Waals surface area contributed by atoms with Gasteiger partial charge in [-0.05, 0) is 32.0 Å². The van der Waals surface area contributed by atoms with Crippen molar-refractivity contribution in [2.45, 2.75) is 24.8 Å². The summed E-state index contributed by atoms with van der Waals surface area (Å²) in [4.78, 5) is 12.9. The van der Waals surface area contributed by atoms with Crippen LogP contribution in [0.15, 0.2) is 23.1 Å². The smallest absolute Gasteiger partial charge is 0.278 e. The second kappa shape index (κ2) is 7.77. The van der Waals surface area contributed by atoms with Crippen LogP contribution >= 0.6 is 11.6 Å². The van der Waals surface area contributed by atoms with Crippen molar-refractivity contribution in [1.82, 2.24) is 9.62 Å². The average molecular weight is 379 g/mol. The van der Waals surface area contributed by atoms with Crippen molar-refractivity contribution in [2.24, 2.45) is 0 Å². The zero-order valence-corrected chi connectivity index (χ0v) is 15.3. The summed E-state index contributed by atoms with van der Waals surface area (Å²) in [6, 6.07) is 3.17. The summed E-state index contributed by atoms with van der Waals surface area (Å²) in [5.74, 6) is -0.685. The van der Waals surface area contributed by atoms with E-state index in [0.717, 1.165) is 17.0 Å². The molecule has 0 saturated carbocycles. The molecule has 24 heavy (non-hydrogen) atoms. The lowest BCUT2D eigenvalue weighted by Crippen LogP contribution is -3.19. The Morgan fingerprint density at radius 3 is 2.58 bits per heavy atom. The lowest BCUT2D eigenvalue weighted by molar-refractivity contribution is -0.917. The molecule has 9 heteroatoms. The number of amides is 1. The maximum Gasteiger partial charge on any atom is 0.278 e. The van der Waals surface area contributed by atoms with E-state index in [2.05, 4.69) is 5.32 Å². The van der Waals surface area contributed by atoms with Gasteiger partial charge in [-0.15, -0.1) is 0 Å². The molecular weight excluding hydrogens is 357 g/mol. The topological polar surface area (TPSA) is 70.9 Å².